The van der Waals surface area contributed by atoms with Gasteiger partial charge in [0.1, 0.15) is 0 Å². The maximum absolute atomic E-state index is 10.5. The molecule has 3 nitrogen and oxygen atoms in total. The van der Waals surface area contributed by atoms with E-state index < -0.39 is 5.97 Å². The monoisotopic (exact) mass is 185 g/mol. The van der Waals surface area contributed by atoms with Crippen LogP contribution in [0.3, 0.4) is 0 Å². The molecule has 1 aromatic heterocycles. The molecule has 0 unspecified atom stereocenters. The van der Waals surface area contributed by atoms with E-state index in [0.717, 1.165) is 5.01 Å². The Kier molecular flexibility index (Phi) is 2.47. The van der Waals surface area contributed by atoms with Crippen molar-refractivity contribution in [1.82, 2.24) is 4.98 Å². The van der Waals surface area contributed by atoms with Crippen molar-refractivity contribution in [3.63, 3.8) is 0 Å². The number of hydrogen-bond donors (Lipinski definition) is 1. The molecule has 0 radical (unpaired) electrons. The zero-order chi connectivity index (χ0) is 9.19. The van der Waals surface area contributed by atoms with E-state index in [1.807, 2.05) is 19.2 Å². The summed E-state index contributed by atoms with van der Waals surface area (Å²) in [5.41, 5.74) is -0.347. The van der Waals surface area contributed by atoms with Gasteiger partial charge in [-0.15, -0.1) is 11.3 Å². The Morgan fingerprint density at radius 1 is 1.75 bits per heavy atom. The molecule has 0 atom stereocenters. The molecule has 0 saturated carbocycles. The molecule has 0 aliphatic heterocycles. The number of hydrogen-bond acceptors (Lipinski definition) is 3. The smallest absolute Gasteiger partial charge is 0.304 e. The van der Waals surface area contributed by atoms with Crippen LogP contribution in [0.25, 0.3) is 0 Å². The van der Waals surface area contributed by atoms with Crippen molar-refractivity contribution >= 4 is 17.3 Å². The van der Waals surface area contributed by atoms with Crippen molar-refractivity contribution in [2.24, 2.45) is 0 Å². The number of rotatable bonds is 3. The van der Waals surface area contributed by atoms with Crippen molar-refractivity contribution < 1.29 is 9.90 Å². The maximum atomic E-state index is 10.5. The van der Waals surface area contributed by atoms with Crippen molar-refractivity contribution in [3.8, 4) is 0 Å². The van der Waals surface area contributed by atoms with Crippen LogP contribution in [-0.2, 0) is 10.2 Å². The third-order valence-corrected chi connectivity index (χ3v) is 2.74. The summed E-state index contributed by atoms with van der Waals surface area (Å²) >= 11 is 1.50. The molecular formula is C8H11NO2S. The molecule has 0 saturated heterocycles. The van der Waals surface area contributed by atoms with Gasteiger partial charge in [0, 0.05) is 17.0 Å². The van der Waals surface area contributed by atoms with Gasteiger partial charge in [0.05, 0.1) is 11.4 Å². The van der Waals surface area contributed by atoms with E-state index in [-0.39, 0.29) is 11.8 Å². The number of thiazole rings is 1. The second-order valence-corrected chi connectivity index (χ2v) is 4.19. The first kappa shape index (κ1) is 9.19. The fourth-order valence-corrected chi connectivity index (χ4v) is 1.77. The Balaban J connectivity index is 2.79. The highest BCUT2D eigenvalue weighted by molar-refractivity contribution is 7.09. The lowest BCUT2D eigenvalue weighted by Crippen LogP contribution is -2.21. The first-order chi connectivity index (χ1) is 5.52. The van der Waals surface area contributed by atoms with E-state index in [0.29, 0.717) is 0 Å². The Labute approximate surface area is 75.1 Å². The van der Waals surface area contributed by atoms with Crippen LogP contribution in [0.4, 0.5) is 0 Å². The van der Waals surface area contributed by atoms with E-state index in [1.165, 1.54) is 11.3 Å². The molecule has 0 aliphatic carbocycles. The van der Waals surface area contributed by atoms with Gasteiger partial charge in [-0.3, -0.25) is 4.79 Å². The van der Waals surface area contributed by atoms with Gasteiger partial charge in [0.2, 0.25) is 0 Å². The molecule has 1 N–H and O–H groups in total. The average Bonchev–Trinajstić information content (AvgIpc) is 2.32. The van der Waals surface area contributed by atoms with E-state index in [4.69, 9.17) is 5.11 Å². The van der Waals surface area contributed by atoms with Crippen molar-refractivity contribution in [2.75, 3.05) is 0 Å². The molecule has 1 rings (SSSR count). The number of carboxylic acid groups (broad SMARTS) is 1. The van der Waals surface area contributed by atoms with Crippen LogP contribution in [-0.4, -0.2) is 16.1 Å². The van der Waals surface area contributed by atoms with Crippen LogP contribution in [0.1, 0.15) is 25.3 Å². The van der Waals surface area contributed by atoms with Crippen molar-refractivity contribution in [2.45, 2.75) is 25.7 Å². The summed E-state index contributed by atoms with van der Waals surface area (Å²) in [5.74, 6) is -0.782. The fraction of sp³-hybridized carbons (Fsp3) is 0.500. The van der Waals surface area contributed by atoms with Crippen LogP contribution in [0.2, 0.25) is 0 Å². The predicted molar refractivity (Wildman–Crippen MR) is 47.4 cm³/mol. The summed E-state index contributed by atoms with van der Waals surface area (Å²) in [6, 6.07) is 0. The second-order valence-electron chi connectivity index (χ2n) is 3.29. The summed E-state index contributed by atoms with van der Waals surface area (Å²) in [6.07, 6.45) is 1.82. The maximum Gasteiger partial charge on any atom is 0.304 e. The van der Waals surface area contributed by atoms with Gasteiger partial charge in [-0.2, -0.15) is 0 Å². The van der Waals surface area contributed by atoms with E-state index in [9.17, 15) is 4.79 Å². The van der Waals surface area contributed by atoms with Crippen LogP contribution in [0, 0.1) is 0 Å². The molecule has 12 heavy (non-hydrogen) atoms. The zero-order valence-electron chi connectivity index (χ0n) is 7.07. The highest BCUT2D eigenvalue weighted by Gasteiger charge is 2.26. The minimum atomic E-state index is -0.782. The first-order valence-corrected chi connectivity index (χ1v) is 4.52. The number of nitrogens with zero attached hydrogens (tertiary/aromatic N) is 1. The normalized spacial score (nSPS) is 11.5. The minimum absolute atomic E-state index is 0.126. The third kappa shape index (κ3) is 2.04. The lowest BCUT2D eigenvalue weighted by Gasteiger charge is -2.18. The Hall–Kier alpha value is -0.900. The first-order valence-electron chi connectivity index (χ1n) is 3.64. The minimum Gasteiger partial charge on any atom is -0.481 e. The van der Waals surface area contributed by atoms with Gasteiger partial charge in [-0.1, -0.05) is 13.8 Å². The van der Waals surface area contributed by atoms with Gasteiger partial charge in [0.15, 0.2) is 0 Å². The van der Waals surface area contributed by atoms with Gasteiger partial charge in [-0.25, -0.2) is 4.98 Å². The zero-order valence-corrected chi connectivity index (χ0v) is 7.89. The van der Waals surface area contributed by atoms with Gasteiger partial charge < -0.3 is 5.11 Å². The molecule has 0 bridgehead atoms. The third-order valence-electron chi connectivity index (χ3n) is 1.60. The van der Waals surface area contributed by atoms with Crippen LogP contribution >= 0.6 is 11.3 Å². The standard InChI is InChI=1S/C8H11NO2S/c1-8(2,5-6(10)11)7-9-3-4-12-7/h3-4H,5H2,1-2H3,(H,10,11). The highest BCUT2D eigenvalue weighted by atomic mass is 32.1. The van der Waals surface area contributed by atoms with Crippen LogP contribution in [0.15, 0.2) is 11.6 Å². The number of aromatic nitrogens is 1. The summed E-state index contributed by atoms with van der Waals surface area (Å²) < 4.78 is 0. The summed E-state index contributed by atoms with van der Waals surface area (Å²) in [5, 5.41) is 11.4. The topological polar surface area (TPSA) is 50.2 Å². The van der Waals surface area contributed by atoms with Crippen LogP contribution in [0.5, 0.6) is 0 Å². The highest BCUT2D eigenvalue weighted by Crippen LogP contribution is 2.28. The SMILES string of the molecule is CC(C)(CC(=O)O)c1nccs1. The molecule has 0 spiro atoms. The fourth-order valence-electron chi connectivity index (χ4n) is 1.01. The largest absolute Gasteiger partial charge is 0.481 e. The summed E-state index contributed by atoms with van der Waals surface area (Å²) in [4.78, 5) is 14.6. The molecule has 4 heteroatoms. The molecule has 0 amide bonds. The van der Waals surface area contributed by atoms with E-state index in [1.54, 1.807) is 6.20 Å². The Morgan fingerprint density at radius 2 is 2.42 bits per heavy atom. The van der Waals surface area contributed by atoms with Gasteiger partial charge >= 0.3 is 5.97 Å². The Morgan fingerprint density at radius 3 is 2.83 bits per heavy atom. The number of carbonyl (C=O) groups is 1. The number of carboxylic acids is 1. The summed E-state index contributed by atoms with van der Waals surface area (Å²) in [6.45, 7) is 3.78. The van der Waals surface area contributed by atoms with E-state index >= 15 is 0 Å². The number of aliphatic carboxylic acids is 1. The molecular weight excluding hydrogens is 174 g/mol. The van der Waals surface area contributed by atoms with Crippen molar-refractivity contribution in [1.29, 1.82) is 0 Å². The summed E-state index contributed by atoms with van der Waals surface area (Å²) in [7, 11) is 0. The molecule has 1 heterocycles. The van der Waals surface area contributed by atoms with E-state index in [2.05, 4.69) is 4.98 Å². The Bertz CT molecular complexity index is 267. The van der Waals surface area contributed by atoms with Crippen molar-refractivity contribution in [3.05, 3.63) is 16.6 Å². The van der Waals surface area contributed by atoms with Gasteiger partial charge in [-0.05, 0) is 0 Å². The van der Waals surface area contributed by atoms with Gasteiger partial charge in [0.25, 0.3) is 0 Å². The molecule has 0 aliphatic rings. The molecule has 1 aromatic rings. The molecule has 0 fully saturated rings. The predicted octanol–water partition coefficient (Wildman–Crippen LogP) is 1.90. The molecule has 0 aromatic carbocycles. The lowest BCUT2D eigenvalue weighted by atomic mass is 9.90. The molecule has 66 valence electrons. The second kappa shape index (κ2) is 3.23. The van der Waals surface area contributed by atoms with Crippen LogP contribution < -0.4 is 0 Å². The average molecular weight is 185 g/mol. The lowest BCUT2D eigenvalue weighted by molar-refractivity contribution is -0.138. The quantitative estimate of drug-likeness (QED) is 0.782.